The Hall–Kier alpha value is -4.22. The number of thioether (sulfide) groups is 1. The molecule has 0 bridgehead atoms. The molecule has 1 aromatic heterocycles. The molecule has 1 aliphatic rings. The molecule has 1 saturated heterocycles. The second kappa shape index (κ2) is 15.9. The van der Waals surface area contributed by atoms with Gasteiger partial charge >= 0.3 is 5.97 Å². The number of aromatic nitrogens is 1. The molecule has 1 fully saturated rings. The van der Waals surface area contributed by atoms with Crippen LogP contribution in [0.1, 0.15) is 60.8 Å². The summed E-state index contributed by atoms with van der Waals surface area (Å²) in [4.78, 5) is 22.8. The molecular weight excluding hydrogens is 604 g/mol. The van der Waals surface area contributed by atoms with E-state index in [9.17, 15) is 19.9 Å². The van der Waals surface area contributed by atoms with Crippen LogP contribution in [-0.4, -0.2) is 33.9 Å². The lowest BCUT2D eigenvalue weighted by Crippen LogP contribution is -2.39. The highest BCUT2D eigenvalue weighted by Gasteiger charge is 2.38. The standard InChI is InChI=1S/C36H38N2O7S/c1-24-31(23-46-33-9-2-3-19-38(33)43)44-36(45-35(24)28-13-11-25(22-39)12-14-28)29-17-15-27(16-18-29)30-7-4-6-26(20-30)21-37-32(40)8-5-10-34(41)42/h2-4,6-7,9,11-20,24,31,35-36,39H,5,8,10,21-23H2,1H3,(H,37,40)(H,41,42). The van der Waals surface area contributed by atoms with Gasteiger partial charge < -0.3 is 30.2 Å². The molecule has 240 valence electrons. The van der Waals surface area contributed by atoms with Crippen molar-refractivity contribution in [3.63, 3.8) is 0 Å². The first-order valence-electron chi connectivity index (χ1n) is 15.3. The Kier molecular flexibility index (Phi) is 11.4. The van der Waals surface area contributed by atoms with E-state index in [0.717, 1.165) is 38.1 Å². The Bertz CT molecular complexity index is 1610. The molecule has 4 unspecified atom stereocenters. The Morgan fingerprint density at radius 2 is 1.65 bits per heavy atom. The van der Waals surface area contributed by atoms with E-state index in [1.54, 1.807) is 12.1 Å². The summed E-state index contributed by atoms with van der Waals surface area (Å²) < 4.78 is 14.0. The fourth-order valence-electron chi connectivity index (χ4n) is 5.38. The van der Waals surface area contributed by atoms with E-state index in [1.165, 1.54) is 18.0 Å². The highest BCUT2D eigenvalue weighted by molar-refractivity contribution is 7.99. The fraction of sp³-hybridized carbons (Fsp3) is 0.306. The lowest BCUT2D eigenvalue weighted by atomic mass is 9.91. The zero-order valence-corrected chi connectivity index (χ0v) is 26.4. The van der Waals surface area contributed by atoms with Crippen molar-refractivity contribution >= 4 is 23.6 Å². The SMILES string of the molecule is CC1C(CSc2cccc[n+]2[O-])OC(c2ccc(-c3cccc(CNC(=O)CCCC(=O)O)c3)cc2)OC1c1ccc(CO)cc1. The van der Waals surface area contributed by atoms with Crippen molar-refractivity contribution in [1.29, 1.82) is 0 Å². The van der Waals surface area contributed by atoms with Crippen molar-refractivity contribution in [3.8, 4) is 11.1 Å². The quantitative estimate of drug-likeness (QED) is 0.0929. The summed E-state index contributed by atoms with van der Waals surface area (Å²) in [5, 5.41) is 34.0. The van der Waals surface area contributed by atoms with E-state index in [4.69, 9.17) is 14.6 Å². The molecular formula is C36H38N2O7S. The van der Waals surface area contributed by atoms with Gasteiger partial charge in [-0.05, 0) is 46.4 Å². The Labute approximate surface area is 272 Å². The van der Waals surface area contributed by atoms with Crippen LogP contribution in [-0.2, 0) is 32.2 Å². The number of aliphatic hydroxyl groups is 1. The first-order chi connectivity index (χ1) is 22.3. The highest BCUT2D eigenvalue weighted by atomic mass is 32.2. The molecule has 1 amide bonds. The van der Waals surface area contributed by atoms with Gasteiger partial charge in [0.15, 0.2) is 12.5 Å². The first-order valence-corrected chi connectivity index (χ1v) is 16.3. The van der Waals surface area contributed by atoms with Crippen molar-refractivity contribution in [3.05, 3.63) is 125 Å². The number of carbonyl (C=O) groups is 2. The third-order valence-corrected chi connectivity index (χ3v) is 9.14. The summed E-state index contributed by atoms with van der Waals surface area (Å²) >= 11 is 1.46. The Morgan fingerprint density at radius 3 is 2.37 bits per heavy atom. The lowest BCUT2D eigenvalue weighted by Gasteiger charge is -2.41. The zero-order chi connectivity index (χ0) is 32.5. The van der Waals surface area contributed by atoms with Gasteiger partial charge in [-0.2, -0.15) is 4.73 Å². The number of amides is 1. The average Bonchev–Trinajstić information content (AvgIpc) is 3.07. The number of carbonyl (C=O) groups excluding carboxylic acids is 1. The minimum atomic E-state index is -0.906. The normalized spacial score (nSPS) is 19.4. The van der Waals surface area contributed by atoms with Crippen LogP contribution in [0.15, 0.2) is 102 Å². The maximum atomic E-state index is 12.3. The molecule has 9 nitrogen and oxygen atoms in total. The molecule has 3 aromatic carbocycles. The molecule has 0 radical (unpaired) electrons. The zero-order valence-electron chi connectivity index (χ0n) is 25.6. The van der Waals surface area contributed by atoms with Crippen molar-refractivity contribution in [1.82, 2.24) is 5.32 Å². The second-order valence-corrected chi connectivity index (χ2v) is 12.4. The predicted octanol–water partition coefficient (Wildman–Crippen LogP) is 5.93. The summed E-state index contributed by atoms with van der Waals surface area (Å²) in [6.07, 6.45) is 0.855. The molecule has 10 heteroatoms. The summed E-state index contributed by atoms with van der Waals surface area (Å²) in [6, 6.07) is 29.0. The number of rotatable bonds is 13. The largest absolute Gasteiger partial charge is 0.618 e. The van der Waals surface area contributed by atoms with Gasteiger partial charge in [0.2, 0.25) is 5.91 Å². The predicted molar refractivity (Wildman–Crippen MR) is 174 cm³/mol. The number of nitrogens with one attached hydrogen (secondary N) is 1. The number of carboxylic acids is 1. The summed E-state index contributed by atoms with van der Waals surface area (Å²) in [5.74, 6) is -0.518. The van der Waals surface area contributed by atoms with Crippen LogP contribution in [0.2, 0.25) is 0 Å². The maximum absolute atomic E-state index is 12.3. The van der Waals surface area contributed by atoms with Crippen molar-refractivity contribution in [2.24, 2.45) is 5.92 Å². The summed E-state index contributed by atoms with van der Waals surface area (Å²) in [5.41, 5.74) is 5.62. The average molecular weight is 643 g/mol. The molecule has 2 heterocycles. The van der Waals surface area contributed by atoms with Crippen molar-refractivity contribution < 1.29 is 34.0 Å². The van der Waals surface area contributed by atoms with Crippen LogP contribution in [0.5, 0.6) is 0 Å². The van der Waals surface area contributed by atoms with Gasteiger partial charge in [0, 0.05) is 48.8 Å². The minimum absolute atomic E-state index is 0.00721. The van der Waals surface area contributed by atoms with E-state index in [1.807, 2.05) is 78.9 Å². The monoisotopic (exact) mass is 642 g/mol. The Morgan fingerprint density at radius 1 is 0.891 bits per heavy atom. The third kappa shape index (κ3) is 8.73. The van der Waals surface area contributed by atoms with E-state index >= 15 is 0 Å². The van der Waals surface area contributed by atoms with E-state index in [-0.39, 0.29) is 43.5 Å². The minimum Gasteiger partial charge on any atom is -0.618 e. The smallest absolute Gasteiger partial charge is 0.303 e. The van der Waals surface area contributed by atoms with E-state index in [0.29, 0.717) is 23.7 Å². The van der Waals surface area contributed by atoms with Gasteiger partial charge in [0.1, 0.15) is 0 Å². The van der Waals surface area contributed by atoms with Gasteiger partial charge in [-0.3, -0.25) is 9.59 Å². The molecule has 3 N–H and O–H groups in total. The van der Waals surface area contributed by atoms with Gasteiger partial charge in [-0.25, -0.2) is 0 Å². The van der Waals surface area contributed by atoms with Gasteiger partial charge in [0.05, 0.1) is 18.8 Å². The molecule has 4 atom stereocenters. The van der Waals surface area contributed by atoms with E-state index in [2.05, 4.69) is 12.2 Å². The maximum Gasteiger partial charge on any atom is 0.303 e. The van der Waals surface area contributed by atoms with Crippen molar-refractivity contribution in [2.45, 2.75) is 62.9 Å². The molecule has 4 aromatic rings. The number of carboxylic acid groups (broad SMARTS) is 1. The number of benzene rings is 3. The van der Waals surface area contributed by atoms with Crippen LogP contribution in [0.25, 0.3) is 11.1 Å². The number of aliphatic carboxylic acids is 1. The number of pyridine rings is 1. The van der Waals surface area contributed by atoms with Gasteiger partial charge in [-0.15, -0.1) is 0 Å². The summed E-state index contributed by atoms with van der Waals surface area (Å²) in [6.45, 7) is 2.42. The lowest BCUT2D eigenvalue weighted by molar-refractivity contribution is -0.645. The van der Waals surface area contributed by atoms with Crippen LogP contribution in [0.3, 0.4) is 0 Å². The van der Waals surface area contributed by atoms with Gasteiger partial charge in [0.25, 0.3) is 5.03 Å². The molecule has 0 aliphatic carbocycles. The first kappa shape index (κ1) is 33.2. The molecule has 0 saturated carbocycles. The number of aliphatic hydroxyl groups excluding tert-OH is 1. The number of nitrogens with zero attached hydrogens (tertiary/aromatic N) is 1. The molecule has 46 heavy (non-hydrogen) atoms. The number of hydrogen-bond donors (Lipinski definition) is 3. The molecule has 1 aliphatic heterocycles. The Balaban J connectivity index is 1.29. The molecule has 0 spiro atoms. The highest BCUT2D eigenvalue weighted by Crippen LogP contribution is 2.43. The number of ether oxygens (including phenoxy) is 2. The van der Waals surface area contributed by atoms with Gasteiger partial charge in [-0.1, -0.05) is 85.4 Å². The van der Waals surface area contributed by atoms with E-state index < -0.39 is 12.3 Å². The fourth-order valence-corrected chi connectivity index (χ4v) is 6.46. The summed E-state index contributed by atoms with van der Waals surface area (Å²) in [7, 11) is 0. The van der Waals surface area contributed by atoms with Crippen LogP contribution >= 0.6 is 11.8 Å². The van der Waals surface area contributed by atoms with Crippen molar-refractivity contribution in [2.75, 3.05) is 5.75 Å². The third-order valence-electron chi connectivity index (χ3n) is 8.03. The topological polar surface area (TPSA) is 132 Å². The second-order valence-electron chi connectivity index (χ2n) is 11.3. The molecule has 5 rings (SSSR count). The number of hydrogen-bond acceptors (Lipinski definition) is 7. The van der Waals surface area contributed by atoms with Crippen LogP contribution in [0.4, 0.5) is 0 Å². The van der Waals surface area contributed by atoms with Crippen LogP contribution < -0.4 is 10.0 Å². The van der Waals surface area contributed by atoms with Crippen LogP contribution in [0, 0.1) is 11.1 Å².